The van der Waals surface area contributed by atoms with Crippen LogP contribution in [0, 0.1) is 0 Å². The first-order valence-corrected chi connectivity index (χ1v) is 10.6. The number of thioether (sulfide) groups is 1. The van der Waals surface area contributed by atoms with Gasteiger partial charge in [0.25, 0.3) is 0 Å². The van der Waals surface area contributed by atoms with Crippen molar-refractivity contribution >= 4 is 17.7 Å². The number of aliphatic hydroxyl groups is 4. The Morgan fingerprint density at radius 2 is 2.04 bits per heavy atom. The molecule has 0 bridgehead atoms. The highest BCUT2D eigenvalue weighted by Gasteiger charge is 2.48. The zero-order valence-corrected chi connectivity index (χ0v) is 17.1. The van der Waals surface area contributed by atoms with Crippen molar-refractivity contribution in [2.75, 3.05) is 19.8 Å². The van der Waals surface area contributed by atoms with Gasteiger partial charge in [0, 0.05) is 6.54 Å². The molecule has 2 fully saturated rings. The molecule has 1 amide bonds. The van der Waals surface area contributed by atoms with Crippen LogP contribution in [0.1, 0.15) is 26.7 Å². The molecular formula is C18H32N2O6S. The van der Waals surface area contributed by atoms with Gasteiger partial charge in [-0.05, 0) is 33.1 Å². The average Bonchev–Trinajstić information content (AvgIpc) is 2.99. The number of amides is 1. The first-order valence-electron chi connectivity index (χ1n) is 9.30. The van der Waals surface area contributed by atoms with Crippen molar-refractivity contribution in [3.8, 4) is 0 Å². The fourth-order valence-electron chi connectivity index (χ4n) is 3.73. The van der Waals surface area contributed by atoms with Gasteiger partial charge >= 0.3 is 0 Å². The summed E-state index contributed by atoms with van der Waals surface area (Å²) in [6.45, 7) is 4.26. The van der Waals surface area contributed by atoms with Gasteiger partial charge < -0.3 is 30.5 Å². The number of likely N-dealkylation sites (tertiary alicyclic amines) is 1. The minimum absolute atomic E-state index is 0.264. The molecule has 0 aromatic carbocycles. The fourth-order valence-corrected chi connectivity index (χ4v) is 4.41. The number of hydrogen-bond donors (Lipinski definition) is 5. The van der Waals surface area contributed by atoms with Crippen LogP contribution < -0.4 is 5.32 Å². The fraction of sp³-hybridized carbons (Fsp3) is 0.833. The molecule has 8 atom stereocenters. The van der Waals surface area contributed by atoms with Gasteiger partial charge in [-0.2, -0.15) is 0 Å². The number of rotatable bonds is 6. The Hall–Kier alpha value is -0.680. The summed E-state index contributed by atoms with van der Waals surface area (Å²) < 4.78 is 5.71. The van der Waals surface area contributed by atoms with Gasteiger partial charge in [0.1, 0.15) is 29.9 Å². The Balaban J connectivity index is 2.13. The Morgan fingerprint density at radius 3 is 2.59 bits per heavy atom. The minimum atomic E-state index is -1.43. The normalized spacial score (nSPS) is 38.7. The van der Waals surface area contributed by atoms with Gasteiger partial charge in [-0.3, -0.25) is 9.69 Å². The van der Waals surface area contributed by atoms with Crippen molar-refractivity contribution < 1.29 is 30.0 Å². The topological polar surface area (TPSA) is 122 Å². The molecule has 8 nitrogen and oxygen atoms in total. The Kier molecular flexibility index (Phi) is 8.11. The second-order valence-electron chi connectivity index (χ2n) is 7.36. The average molecular weight is 405 g/mol. The molecule has 27 heavy (non-hydrogen) atoms. The summed E-state index contributed by atoms with van der Waals surface area (Å²) in [5.41, 5.74) is 0.434. The largest absolute Gasteiger partial charge is 0.391 e. The van der Waals surface area contributed by atoms with E-state index in [0.29, 0.717) is 13.0 Å². The molecular weight excluding hydrogens is 372 g/mol. The number of likely N-dealkylation sites (N-methyl/N-ethyl adjacent to an activating group) is 1. The number of hydrogen-bond acceptors (Lipinski definition) is 8. The van der Waals surface area contributed by atoms with Crippen LogP contribution in [0.15, 0.2) is 11.6 Å². The summed E-state index contributed by atoms with van der Waals surface area (Å²) in [7, 11) is 1.87. The van der Waals surface area contributed by atoms with Crippen LogP contribution in [0.25, 0.3) is 0 Å². The molecule has 0 aromatic rings. The third-order valence-corrected chi connectivity index (χ3v) is 6.11. The second kappa shape index (κ2) is 9.69. The van der Waals surface area contributed by atoms with Crippen molar-refractivity contribution in [2.24, 2.45) is 0 Å². The van der Waals surface area contributed by atoms with Crippen molar-refractivity contribution in [3.63, 3.8) is 0 Å². The maximum Gasteiger partial charge on any atom is 0.238 e. The summed E-state index contributed by atoms with van der Waals surface area (Å²) in [6, 6.07) is -1.28. The molecule has 2 aliphatic heterocycles. The number of ether oxygens (including phenoxy) is 1. The van der Waals surface area contributed by atoms with Crippen LogP contribution in [0.2, 0.25) is 0 Å². The van der Waals surface area contributed by atoms with Crippen molar-refractivity contribution in [3.05, 3.63) is 11.6 Å². The maximum atomic E-state index is 12.8. The molecule has 0 saturated carbocycles. The number of carbonyl (C=O) groups is 1. The summed E-state index contributed by atoms with van der Waals surface area (Å²) >= 11 is 1.19. The number of nitrogens with zero attached hydrogens (tertiary/aromatic N) is 1. The van der Waals surface area contributed by atoms with Crippen LogP contribution in [0.5, 0.6) is 0 Å². The van der Waals surface area contributed by atoms with E-state index < -0.39 is 42.0 Å². The van der Waals surface area contributed by atoms with Crippen LogP contribution >= 0.6 is 11.8 Å². The lowest BCUT2D eigenvalue weighted by Gasteiger charge is -2.44. The van der Waals surface area contributed by atoms with E-state index in [1.54, 1.807) is 6.26 Å². The third-order valence-electron chi connectivity index (χ3n) is 5.26. The number of carbonyl (C=O) groups excluding carboxylic acids is 1. The van der Waals surface area contributed by atoms with Gasteiger partial charge in [-0.15, -0.1) is 11.8 Å². The Labute approximate surface area is 164 Å². The summed E-state index contributed by atoms with van der Waals surface area (Å²) in [5.74, 6) is -0.264. The summed E-state index contributed by atoms with van der Waals surface area (Å²) in [4.78, 5) is 14.8. The molecule has 0 spiro atoms. The van der Waals surface area contributed by atoms with Gasteiger partial charge in [0.15, 0.2) is 0 Å². The van der Waals surface area contributed by atoms with E-state index >= 15 is 0 Å². The number of allylic oxidation sites excluding steroid dienone is 1. The quantitative estimate of drug-likeness (QED) is 0.360. The van der Waals surface area contributed by atoms with Crippen LogP contribution in [0.3, 0.4) is 0 Å². The number of aliphatic hydroxyl groups excluding tert-OH is 4. The van der Waals surface area contributed by atoms with E-state index in [4.69, 9.17) is 4.74 Å². The highest BCUT2D eigenvalue weighted by Crippen LogP contribution is 2.30. The third kappa shape index (κ3) is 5.03. The Morgan fingerprint density at radius 1 is 1.37 bits per heavy atom. The first-order chi connectivity index (χ1) is 12.7. The highest BCUT2D eigenvalue weighted by atomic mass is 32.2. The van der Waals surface area contributed by atoms with E-state index in [1.165, 1.54) is 24.3 Å². The molecule has 2 saturated heterocycles. The van der Waals surface area contributed by atoms with E-state index in [1.807, 2.05) is 18.9 Å². The zero-order valence-electron chi connectivity index (χ0n) is 16.3. The lowest BCUT2D eigenvalue weighted by molar-refractivity contribution is -0.211. The predicted molar refractivity (Wildman–Crippen MR) is 103 cm³/mol. The maximum absolute atomic E-state index is 12.8. The minimum Gasteiger partial charge on any atom is -0.391 e. The van der Waals surface area contributed by atoms with Crippen LogP contribution in [-0.2, 0) is 9.53 Å². The smallest absolute Gasteiger partial charge is 0.238 e. The molecule has 2 rings (SSSR count). The molecule has 2 aliphatic rings. The second-order valence-corrected chi connectivity index (χ2v) is 8.29. The van der Waals surface area contributed by atoms with Crippen molar-refractivity contribution in [1.82, 2.24) is 10.2 Å². The molecule has 0 radical (unpaired) electrons. The number of nitrogens with one attached hydrogen (secondary N) is 1. The lowest BCUT2D eigenvalue weighted by atomic mass is 9.92. The summed E-state index contributed by atoms with van der Waals surface area (Å²) in [5, 5.41) is 43.5. The monoisotopic (exact) mass is 404 g/mol. The first kappa shape index (κ1) is 22.6. The molecule has 2 unspecified atom stereocenters. The summed E-state index contributed by atoms with van der Waals surface area (Å²) in [6.07, 6.45) is -0.812. The molecule has 5 N–H and O–H groups in total. The molecule has 9 heteroatoms. The van der Waals surface area contributed by atoms with Crippen molar-refractivity contribution in [1.29, 1.82) is 0 Å². The predicted octanol–water partition coefficient (Wildman–Crippen LogP) is -0.937. The SMILES string of the molecule is CCC=C1C[C@@H](C(=O)N[C@@H](C2O[C@H](SC)C(O)[C@H](O)[C@H]2O)[C@@H](C)O)N(C)C1. The van der Waals surface area contributed by atoms with Gasteiger partial charge in [-0.1, -0.05) is 18.6 Å². The highest BCUT2D eigenvalue weighted by molar-refractivity contribution is 7.99. The zero-order chi connectivity index (χ0) is 20.3. The standard InChI is InChI=1S/C18H32N2O6S/c1-5-6-10-7-11(20(3)8-10)17(25)19-12(9(2)21)16-14(23)13(22)15(24)18(26-16)27-4/h6,9,11-16,18,21-24H,5,7-8H2,1-4H3,(H,19,25)/t9-,11+,12-,13-,14-,15?,16?,18-/m1/s1. The van der Waals surface area contributed by atoms with E-state index in [9.17, 15) is 25.2 Å². The van der Waals surface area contributed by atoms with Crippen LogP contribution in [-0.4, -0.2) is 99.1 Å². The van der Waals surface area contributed by atoms with Crippen LogP contribution in [0.4, 0.5) is 0 Å². The molecule has 2 heterocycles. The molecule has 0 aliphatic carbocycles. The van der Waals surface area contributed by atoms with Gasteiger partial charge in [-0.25, -0.2) is 0 Å². The molecule has 0 aromatic heterocycles. The van der Waals surface area contributed by atoms with E-state index in [2.05, 4.69) is 11.4 Å². The Bertz CT molecular complexity index is 544. The van der Waals surface area contributed by atoms with Crippen molar-refractivity contribution in [2.45, 2.75) is 74.7 Å². The van der Waals surface area contributed by atoms with E-state index in [-0.39, 0.29) is 11.9 Å². The molecule has 156 valence electrons. The van der Waals surface area contributed by atoms with Gasteiger partial charge in [0.05, 0.1) is 18.2 Å². The van der Waals surface area contributed by atoms with Gasteiger partial charge in [0.2, 0.25) is 5.91 Å². The van der Waals surface area contributed by atoms with E-state index in [0.717, 1.165) is 6.42 Å². The lowest BCUT2D eigenvalue weighted by Crippen LogP contribution is -2.65.